The van der Waals surface area contributed by atoms with Crippen LogP contribution in [0.25, 0.3) is 11.3 Å². The Hall–Kier alpha value is -3.39. The van der Waals surface area contributed by atoms with Crippen molar-refractivity contribution in [3.05, 3.63) is 82.0 Å². The SMILES string of the molecule is O=C(NCc1ccc(-c2ccc(Br)cc2)o1)c1ccccc1CN1C(=O)CNC1=O. The number of imide groups is 1. The largest absolute Gasteiger partial charge is 0.459 e. The van der Waals surface area contributed by atoms with Crippen LogP contribution in [-0.2, 0) is 17.9 Å². The quantitative estimate of drug-likeness (QED) is 0.540. The molecule has 1 saturated heterocycles. The molecule has 1 aromatic heterocycles. The lowest BCUT2D eigenvalue weighted by molar-refractivity contribution is -0.125. The van der Waals surface area contributed by atoms with Gasteiger partial charge in [-0.1, -0.05) is 46.3 Å². The maximum absolute atomic E-state index is 12.7. The molecule has 0 aliphatic carbocycles. The summed E-state index contributed by atoms with van der Waals surface area (Å²) in [6.07, 6.45) is 0. The predicted molar refractivity (Wildman–Crippen MR) is 113 cm³/mol. The van der Waals surface area contributed by atoms with Crippen LogP contribution < -0.4 is 10.6 Å². The zero-order valence-corrected chi connectivity index (χ0v) is 17.4. The Labute approximate surface area is 181 Å². The number of hydrogen-bond donors (Lipinski definition) is 2. The molecule has 3 aromatic rings. The topological polar surface area (TPSA) is 91.7 Å². The van der Waals surface area contributed by atoms with Crippen LogP contribution in [0.3, 0.4) is 0 Å². The minimum absolute atomic E-state index is 0.0214. The summed E-state index contributed by atoms with van der Waals surface area (Å²) in [4.78, 5) is 37.5. The number of nitrogens with one attached hydrogen (secondary N) is 2. The van der Waals surface area contributed by atoms with E-state index >= 15 is 0 Å². The van der Waals surface area contributed by atoms with E-state index in [1.165, 1.54) is 0 Å². The summed E-state index contributed by atoms with van der Waals surface area (Å²) in [5.74, 6) is 0.712. The number of urea groups is 1. The van der Waals surface area contributed by atoms with Crippen molar-refractivity contribution >= 4 is 33.8 Å². The minimum Gasteiger partial charge on any atom is -0.459 e. The number of furan rings is 1. The van der Waals surface area contributed by atoms with E-state index < -0.39 is 6.03 Å². The highest BCUT2D eigenvalue weighted by molar-refractivity contribution is 9.10. The first-order chi connectivity index (χ1) is 14.5. The summed E-state index contributed by atoms with van der Waals surface area (Å²) < 4.78 is 6.81. The van der Waals surface area contributed by atoms with Crippen LogP contribution in [-0.4, -0.2) is 29.3 Å². The standard InChI is InChI=1S/C22H18BrN3O4/c23-16-7-5-14(6-8-16)19-10-9-17(30-19)11-24-21(28)18-4-2-1-3-15(18)13-26-20(27)12-25-22(26)29/h1-10H,11-13H2,(H,24,28)(H,25,29). The van der Waals surface area contributed by atoms with Crippen LogP contribution in [0.1, 0.15) is 21.7 Å². The fraction of sp³-hybridized carbons (Fsp3) is 0.136. The molecule has 0 spiro atoms. The van der Waals surface area contributed by atoms with Gasteiger partial charge < -0.3 is 15.1 Å². The third kappa shape index (κ3) is 4.28. The fourth-order valence-electron chi connectivity index (χ4n) is 3.17. The van der Waals surface area contributed by atoms with Crippen molar-refractivity contribution in [2.75, 3.05) is 6.54 Å². The molecule has 1 fully saturated rings. The molecule has 0 radical (unpaired) electrons. The van der Waals surface area contributed by atoms with Crippen LogP contribution >= 0.6 is 15.9 Å². The van der Waals surface area contributed by atoms with Crippen molar-refractivity contribution in [3.63, 3.8) is 0 Å². The summed E-state index contributed by atoms with van der Waals surface area (Å²) in [7, 11) is 0. The molecule has 152 valence electrons. The second-order valence-corrected chi connectivity index (χ2v) is 7.67. The van der Waals surface area contributed by atoms with Gasteiger partial charge in [0.2, 0.25) is 5.91 Å². The zero-order valence-electron chi connectivity index (χ0n) is 15.9. The van der Waals surface area contributed by atoms with E-state index in [0.29, 0.717) is 22.6 Å². The molecule has 4 rings (SSSR count). The van der Waals surface area contributed by atoms with Crippen molar-refractivity contribution in [3.8, 4) is 11.3 Å². The van der Waals surface area contributed by atoms with Gasteiger partial charge >= 0.3 is 6.03 Å². The number of nitrogens with zero attached hydrogens (tertiary/aromatic N) is 1. The van der Waals surface area contributed by atoms with Gasteiger partial charge in [0.25, 0.3) is 5.91 Å². The summed E-state index contributed by atoms with van der Waals surface area (Å²) in [6.45, 7) is 0.238. The van der Waals surface area contributed by atoms with Gasteiger partial charge in [-0.2, -0.15) is 0 Å². The van der Waals surface area contributed by atoms with E-state index in [9.17, 15) is 14.4 Å². The van der Waals surface area contributed by atoms with Crippen molar-refractivity contribution in [2.45, 2.75) is 13.1 Å². The second-order valence-electron chi connectivity index (χ2n) is 6.75. The van der Waals surface area contributed by atoms with E-state index in [1.54, 1.807) is 24.3 Å². The molecular weight excluding hydrogens is 450 g/mol. The maximum Gasteiger partial charge on any atom is 0.324 e. The first kappa shape index (κ1) is 19.9. The van der Waals surface area contributed by atoms with Crippen LogP contribution in [0.5, 0.6) is 0 Å². The van der Waals surface area contributed by atoms with Gasteiger partial charge in [0, 0.05) is 15.6 Å². The Balaban J connectivity index is 1.43. The Kier molecular flexibility index (Phi) is 5.67. The molecule has 0 atom stereocenters. The summed E-state index contributed by atoms with van der Waals surface area (Å²) in [5.41, 5.74) is 1.94. The summed E-state index contributed by atoms with van der Waals surface area (Å²) in [5, 5.41) is 5.31. The van der Waals surface area contributed by atoms with Gasteiger partial charge in [0.15, 0.2) is 0 Å². The smallest absolute Gasteiger partial charge is 0.324 e. The minimum atomic E-state index is -0.453. The molecule has 2 N–H and O–H groups in total. The molecule has 2 aromatic carbocycles. The Bertz CT molecular complexity index is 1090. The fourth-order valence-corrected chi connectivity index (χ4v) is 3.43. The van der Waals surface area contributed by atoms with E-state index in [0.717, 1.165) is 14.9 Å². The average Bonchev–Trinajstić information content (AvgIpc) is 3.35. The molecule has 0 unspecified atom stereocenters. The predicted octanol–water partition coefficient (Wildman–Crippen LogP) is 3.69. The number of carbonyl (C=O) groups is 3. The Morgan fingerprint density at radius 1 is 1.07 bits per heavy atom. The van der Waals surface area contributed by atoms with Gasteiger partial charge in [0.1, 0.15) is 11.5 Å². The van der Waals surface area contributed by atoms with Crippen molar-refractivity contribution in [1.29, 1.82) is 0 Å². The van der Waals surface area contributed by atoms with E-state index in [2.05, 4.69) is 26.6 Å². The molecule has 0 saturated carbocycles. The molecule has 7 nitrogen and oxygen atoms in total. The zero-order chi connectivity index (χ0) is 21.1. The first-order valence-electron chi connectivity index (χ1n) is 9.30. The van der Waals surface area contributed by atoms with Crippen molar-refractivity contribution in [2.24, 2.45) is 0 Å². The van der Waals surface area contributed by atoms with Gasteiger partial charge in [-0.25, -0.2) is 4.79 Å². The highest BCUT2D eigenvalue weighted by Gasteiger charge is 2.29. The Morgan fingerprint density at radius 2 is 1.83 bits per heavy atom. The number of benzene rings is 2. The lowest BCUT2D eigenvalue weighted by Gasteiger charge is -2.15. The highest BCUT2D eigenvalue weighted by atomic mass is 79.9. The van der Waals surface area contributed by atoms with Crippen molar-refractivity contribution < 1.29 is 18.8 Å². The monoisotopic (exact) mass is 467 g/mol. The van der Waals surface area contributed by atoms with Crippen LogP contribution in [0.2, 0.25) is 0 Å². The molecular formula is C22H18BrN3O4. The lowest BCUT2D eigenvalue weighted by atomic mass is 10.1. The molecule has 1 aliphatic heterocycles. The number of rotatable bonds is 6. The van der Waals surface area contributed by atoms with Crippen LogP contribution in [0.4, 0.5) is 4.79 Å². The van der Waals surface area contributed by atoms with E-state index in [4.69, 9.17) is 4.42 Å². The summed E-state index contributed by atoms with van der Waals surface area (Å²) >= 11 is 3.40. The van der Waals surface area contributed by atoms with Gasteiger partial charge in [-0.3, -0.25) is 14.5 Å². The molecule has 0 bridgehead atoms. The van der Waals surface area contributed by atoms with E-state index in [1.807, 2.05) is 36.4 Å². The number of carbonyl (C=O) groups excluding carboxylic acids is 3. The lowest BCUT2D eigenvalue weighted by Crippen LogP contribution is -2.32. The van der Waals surface area contributed by atoms with Crippen LogP contribution in [0.15, 0.2) is 69.6 Å². The molecule has 2 heterocycles. The average molecular weight is 468 g/mol. The first-order valence-corrected chi connectivity index (χ1v) is 10.1. The second kappa shape index (κ2) is 8.54. The van der Waals surface area contributed by atoms with Crippen molar-refractivity contribution in [1.82, 2.24) is 15.5 Å². The van der Waals surface area contributed by atoms with E-state index in [-0.39, 0.29) is 31.4 Å². The van der Waals surface area contributed by atoms with Crippen LogP contribution in [0, 0.1) is 0 Å². The summed E-state index contributed by atoms with van der Waals surface area (Å²) in [6, 6.07) is 17.9. The molecule has 1 aliphatic rings. The third-order valence-electron chi connectivity index (χ3n) is 4.74. The maximum atomic E-state index is 12.7. The molecule has 4 amide bonds. The van der Waals surface area contributed by atoms with Gasteiger partial charge in [-0.15, -0.1) is 0 Å². The molecule has 8 heteroatoms. The van der Waals surface area contributed by atoms with Gasteiger partial charge in [-0.05, 0) is 35.9 Å². The number of amides is 4. The molecule has 30 heavy (non-hydrogen) atoms. The number of hydrogen-bond acceptors (Lipinski definition) is 4. The Morgan fingerprint density at radius 3 is 2.57 bits per heavy atom. The number of halogens is 1. The highest BCUT2D eigenvalue weighted by Crippen LogP contribution is 2.24. The normalized spacial score (nSPS) is 13.4. The van der Waals surface area contributed by atoms with Gasteiger partial charge in [0.05, 0.1) is 19.6 Å². The third-order valence-corrected chi connectivity index (χ3v) is 5.27.